The molecular weight excluding hydrogens is 316 g/mol. The van der Waals surface area contributed by atoms with Crippen molar-refractivity contribution in [1.29, 1.82) is 0 Å². The Bertz CT molecular complexity index is 860. The molecule has 2 aromatic carbocycles. The summed E-state index contributed by atoms with van der Waals surface area (Å²) in [5.41, 5.74) is 5.65. The zero-order valence-corrected chi connectivity index (χ0v) is 14.2. The minimum Gasteiger partial charge on any atom is -0.376 e. The van der Waals surface area contributed by atoms with Gasteiger partial charge >= 0.3 is 0 Å². The molecule has 2 aliphatic heterocycles. The quantitative estimate of drug-likeness (QED) is 0.917. The third-order valence-corrected chi connectivity index (χ3v) is 4.95. The highest BCUT2D eigenvalue weighted by Gasteiger charge is 2.22. The Morgan fingerprint density at radius 3 is 2.88 bits per heavy atom. The second-order valence-electron chi connectivity index (χ2n) is 6.50. The minimum atomic E-state index is -0.0982. The molecule has 1 N–H and O–H groups in total. The van der Waals surface area contributed by atoms with E-state index in [1.165, 1.54) is 0 Å². The number of amides is 2. The van der Waals surface area contributed by atoms with Gasteiger partial charge in [-0.2, -0.15) is 0 Å². The second kappa shape index (κ2) is 6.33. The number of hydrogen-bond donors (Lipinski definition) is 1. The molecule has 0 aliphatic carbocycles. The predicted octanol–water partition coefficient (Wildman–Crippen LogP) is 2.92. The van der Waals surface area contributed by atoms with Crippen LogP contribution in [0.2, 0.25) is 0 Å². The molecule has 2 aromatic rings. The summed E-state index contributed by atoms with van der Waals surface area (Å²) in [5.74, 6) is 0.0290. The zero-order chi connectivity index (χ0) is 17.4. The third kappa shape index (κ3) is 2.91. The SMILES string of the molecule is CN1C(=O)CCc2cc(NC(=O)c3cccc4c3CCOC4)ccc21. The molecule has 5 heteroatoms. The van der Waals surface area contributed by atoms with E-state index in [1.807, 2.05) is 36.4 Å². The van der Waals surface area contributed by atoms with Crippen LogP contribution in [0.25, 0.3) is 0 Å². The lowest BCUT2D eigenvalue weighted by molar-refractivity contribution is -0.118. The highest BCUT2D eigenvalue weighted by molar-refractivity contribution is 6.06. The van der Waals surface area contributed by atoms with E-state index in [2.05, 4.69) is 5.32 Å². The molecule has 2 amide bonds. The van der Waals surface area contributed by atoms with E-state index in [9.17, 15) is 9.59 Å². The number of benzene rings is 2. The summed E-state index contributed by atoms with van der Waals surface area (Å²) in [7, 11) is 1.79. The lowest BCUT2D eigenvalue weighted by atomic mass is 9.96. The lowest BCUT2D eigenvalue weighted by Crippen LogP contribution is -2.31. The van der Waals surface area contributed by atoms with E-state index >= 15 is 0 Å². The molecule has 0 aromatic heterocycles. The minimum absolute atomic E-state index is 0.0982. The summed E-state index contributed by atoms with van der Waals surface area (Å²) in [6.45, 7) is 1.21. The average Bonchev–Trinajstić information content (AvgIpc) is 2.64. The first-order chi connectivity index (χ1) is 12.1. The molecule has 0 bridgehead atoms. The smallest absolute Gasteiger partial charge is 0.255 e. The first kappa shape index (κ1) is 15.8. The number of fused-ring (bicyclic) bond motifs is 2. The summed E-state index contributed by atoms with van der Waals surface area (Å²) in [5, 5.41) is 3.00. The Hall–Kier alpha value is -2.66. The molecule has 0 spiro atoms. The van der Waals surface area contributed by atoms with Crippen LogP contribution in [0.1, 0.15) is 33.5 Å². The van der Waals surface area contributed by atoms with Gasteiger partial charge in [-0.15, -0.1) is 0 Å². The summed E-state index contributed by atoms with van der Waals surface area (Å²) in [4.78, 5) is 26.2. The summed E-state index contributed by atoms with van der Waals surface area (Å²) >= 11 is 0. The highest BCUT2D eigenvalue weighted by atomic mass is 16.5. The monoisotopic (exact) mass is 336 g/mol. The highest BCUT2D eigenvalue weighted by Crippen LogP contribution is 2.30. The van der Waals surface area contributed by atoms with E-state index in [-0.39, 0.29) is 11.8 Å². The van der Waals surface area contributed by atoms with Crippen molar-refractivity contribution in [1.82, 2.24) is 0 Å². The van der Waals surface area contributed by atoms with Crippen molar-refractivity contribution < 1.29 is 14.3 Å². The van der Waals surface area contributed by atoms with Crippen LogP contribution in [0.15, 0.2) is 36.4 Å². The van der Waals surface area contributed by atoms with E-state index in [4.69, 9.17) is 4.74 Å². The van der Waals surface area contributed by atoms with Gasteiger partial charge in [0.25, 0.3) is 5.91 Å². The maximum Gasteiger partial charge on any atom is 0.255 e. The zero-order valence-electron chi connectivity index (χ0n) is 14.2. The molecule has 5 nitrogen and oxygen atoms in total. The molecule has 128 valence electrons. The Morgan fingerprint density at radius 2 is 2.00 bits per heavy atom. The number of nitrogens with one attached hydrogen (secondary N) is 1. The average molecular weight is 336 g/mol. The molecule has 0 radical (unpaired) electrons. The third-order valence-electron chi connectivity index (χ3n) is 4.95. The van der Waals surface area contributed by atoms with Gasteiger partial charge in [-0.05, 0) is 53.8 Å². The fraction of sp³-hybridized carbons (Fsp3) is 0.300. The molecule has 4 rings (SSSR count). The summed E-state index contributed by atoms with van der Waals surface area (Å²) < 4.78 is 5.47. The molecule has 25 heavy (non-hydrogen) atoms. The molecule has 0 saturated carbocycles. The van der Waals surface area contributed by atoms with E-state index < -0.39 is 0 Å². The molecule has 0 saturated heterocycles. The molecule has 0 atom stereocenters. The largest absolute Gasteiger partial charge is 0.376 e. The molecule has 2 heterocycles. The van der Waals surface area contributed by atoms with Crippen molar-refractivity contribution in [2.24, 2.45) is 0 Å². The molecule has 2 aliphatic rings. The first-order valence-electron chi connectivity index (χ1n) is 8.53. The number of rotatable bonds is 2. The van der Waals surface area contributed by atoms with E-state index in [0.717, 1.165) is 34.5 Å². The number of carbonyl (C=O) groups is 2. The van der Waals surface area contributed by atoms with Gasteiger partial charge in [0, 0.05) is 30.4 Å². The van der Waals surface area contributed by atoms with Crippen LogP contribution >= 0.6 is 0 Å². The van der Waals surface area contributed by atoms with Gasteiger partial charge in [0.05, 0.1) is 13.2 Å². The van der Waals surface area contributed by atoms with Crippen LogP contribution < -0.4 is 10.2 Å². The molecular formula is C20H20N2O3. The van der Waals surface area contributed by atoms with Crippen LogP contribution in [0.4, 0.5) is 11.4 Å². The lowest BCUT2D eigenvalue weighted by Gasteiger charge is -2.26. The Morgan fingerprint density at radius 1 is 1.12 bits per heavy atom. The summed E-state index contributed by atoms with van der Waals surface area (Å²) in [6, 6.07) is 11.5. The number of ether oxygens (including phenoxy) is 1. The number of anilines is 2. The number of aryl methyl sites for hydroxylation is 1. The van der Waals surface area contributed by atoms with Gasteiger partial charge in [0.1, 0.15) is 0 Å². The Labute approximate surface area is 146 Å². The van der Waals surface area contributed by atoms with E-state index in [1.54, 1.807) is 11.9 Å². The van der Waals surface area contributed by atoms with Crippen LogP contribution in [0.3, 0.4) is 0 Å². The Balaban J connectivity index is 1.59. The molecule has 0 unspecified atom stereocenters. The number of carbonyl (C=O) groups excluding carboxylic acids is 2. The van der Waals surface area contributed by atoms with Gasteiger partial charge in [0.2, 0.25) is 5.91 Å². The van der Waals surface area contributed by atoms with Gasteiger partial charge in [-0.1, -0.05) is 12.1 Å². The van der Waals surface area contributed by atoms with Crippen molar-refractivity contribution in [2.45, 2.75) is 25.9 Å². The fourth-order valence-corrected chi connectivity index (χ4v) is 3.57. The number of hydrogen-bond acceptors (Lipinski definition) is 3. The first-order valence-corrected chi connectivity index (χ1v) is 8.53. The van der Waals surface area contributed by atoms with Gasteiger partial charge in [-0.3, -0.25) is 9.59 Å². The number of nitrogens with zero attached hydrogens (tertiary/aromatic N) is 1. The second-order valence-corrected chi connectivity index (χ2v) is 6.50. The standard InChI is InChI=1S/C20H20N2O3/c1-22-18-7-6-15(11-13(18)5-8-19(22)23)21-20(24)17-4-2-3-14-12-25-10-9-16(14)17/h2-4,6-7,11H,5,8-10,12H2,1H3,(H,21,24). The maximum atomic E-state index is 12.8. The Kier molecular flexibility index (Phi) is 4.01. The van der Waals surface area contributed by atoms with Crippen LogP contribution in [-0.4, -0.2) is 25.5 Å². The maximum absolute atomic E-state index is 12.8. The van der Waals surface area contributed by atoms with Crippen LogP contribution in [-0.2, 0) is 29.0 Å². The normalized spacial score (nSPS) is 16.2. The summed E-state index contributed by atoms with van der Waals surface area (Å²) in [6.07, 6.45) is 1.98. The van der Waals surface area contributed by atoms with Crippen molar-refractivity contribution in [3.8, 4) is 0 Å². The molecule has 0 fully saturated rings. The van der Waals surface area contributed by atoms with Crippen LogP contribution in [0, 0.1) is 0 Å². The van der Waals surface area contributed by atoms with Gasteiger partial charge in [0.15, 0.2) is 0 Å². The topological polar surface area (TPSA) is 58.6 Å². The van der Waals surface area contributed by atoms with Crippen molar-refractivity contribution in [3.63, 3.8) is 0 Å². The fourth-order valence-electron chi connectivity index (χ4n) is 3.57. The van der Waals surface area contributed by atoms with E-state index in [0.29, 0.717) is 31.6 Å². The van der Waals surface area contributed by atoms with Crippen molar-refractivity contribution in [2.75, 3.05) is 23.9 Å². The van der Waals surface area contributed by atoms with Gasteiger partial charge in [-0.25, -0.2) is 0 Å². The van der Waals surface area contributed by atoms with Crippen molar-refractivity contribution >= 4 is 23.2 Å². The van der Waals surface area contributed by atoms with Gasteiger partial charge < -0.3 is 15.0 Å². The van der Waals surface area contributed by atoms with Crippen molar-refractivity contribution in [3.05, 3.63) is 58.7 Å². The predicted molar refractivity (Wildman–Crippen MR) is 95.9 cm³/mol. The van der Waals surface area contributed by atoms with Crippen LogP contribution in [0.5, 0.6) is 0 Å².